The summed E-state index contributed by atoms with van der Waals surface area (Å²) in [5, 5.41) is 12.1. The standard InChI is InChI=1S/C16H19N5O2/c1-11-9-12(19-16(18-11)21-7-2-3-8-21)10-17-14-6-4-5-13(20-14)15(22)23/h4-6,9H,2-3,7-8,10H2,1H3,(H,17,20)(H,22,23). The van der Waals surface area contributed by atoms with Crippen LogP contribution >= 0.6 is 0 Å². The van der Waals surface area contributed by atoms with E-state index in [4.69, 9.17) is 5.11 Å². The van der Waals surface area contributed by atoms with E-state index in [1.807, 2.05) is 13.0 Å². The molecule has 0 amide bonds. The molecule has 0 aliphatic carbocycles. The minimum absolute atomic E-state index is 0.0200. The third kappa shape index (κ3) is 3.74. The van der Waals surface area contributed by atoms with Crippen LogP contribution in [0.1, 0.15) is 34.7 Å². The van der Waals surface area contributed by atoms with Crippen LogP contribution in [0.4, 0.5) is 11.8 Å². The topological polar surface area (TPSA) is 91.2 Å². The fraction of sp³-hybridized carbons (Fsp3) is 0.375. The van der Waals surface area contributed by atoms with E-state index in [0.29, 0.717) is 12.4 Å². The molecule has 3 heterocycles. The molecule has 0 bridgehead atoms. The Morgan fingerprint density at radius 3 is 2.78 bits per heavy atom. The van der Waals surface area contributed by atoms with Gasteiger partial charge in [-0.3, -0.25) is 0 Å². The molecule has 1 saturated heterocycles. The number of anilines is 2. The number of aromatic nitrogens is 3. The summed E-state index contributed by atoms with van der Waals surface area (Å²) in [4.78, 5) is 26.3. The van der Waals surface area contributed by atoms with Crippen molar-refractivity contribution in [1.82, 2.24) is 15.0 Å². The second-order valence-corrected chi connectivity index (χ2v) is 5.56. The third-order valence-electron chi connectivity index (χ3n) is 3.70. The van der Waals surface area contributed by atoms with Gasteiger partial charge in [0.05, 0.1) is 12.2 Å². The monoisotopic (exact) mass is 313 g/mol. The Kier molecular flexibility index (Phi) is 4.36. The summed E-state index contributed by atoms with van der Waals surface area (Å²) >= 11 is 0. The maximum absolute atomic E-state index is 10.9. The summed E-state index contributed by atoms with van der Waals surface area (Å²) in [5.74, 6) is 0.248. The van der Waals surface area contributed by atoms with Crippen LogP contribution in [0.25, 0.3) is 0 Å². The zero-order valence-corrected chi connectivity index (χ0v) is 13.0. The van der Waals surface area contributed by atoms with Crippen LogP contribution in [-0.2, 0) is 6.54 Å². The van der Waals surface area contributed by atoms with E-state index in [0.717, 1.165) is 30.4 Å². The average Bonchev–Trinajstić information content (AvgIpc) is 3.07. The normalized spacial score (nSPS) is 14.0. The first-order valence-corrected chi connectivity index (χ1v) is 7.65. The Morgan fingerprint density at radius 2 is 2.04 bits per heavy atom. The number of nitrogens with zero attached hydrogens (tertiary/aromatic N) is 4. The van der Waals surface area contributed by atoms with E-state index >= 15 is 0 Å². The van der Waals surface area contributed by atoms with Crippen molar-refractivity contribution < 1.29 is 9.90 Å². The Morgan fingerprint density at radius 1 is 1.26 bits per heavy atom. The first-order valence-electron chi connectivity index (χ1n) is 7.65. The zero-order valence-electron chi connectivity index (χ0n) is 13.0. The van der Waals surface area contributed by atoms with Crippen LogP contribution in [0.5, 0.6) is 0 Å². The highest BCUT2D eigenvalue weighted by atomic mass is 16.4. The molecule has 1 fully saturated rings. The third-order valence-corrected chi connectivity index (χ3v) is 3.70. The number of carboxylic acids is 1. The largest absolute Gasteiger partial charge is 0.477 e. The average molecular weight is 313 g/mol. The van der Waals surface area contributed by atoms with Crippen molar-refractivity contribution in [3.8, 4) is 0 Å². The van der Waals surface area contributed by atoms with Crippen LogP contribution in [-0.4, -0.2) is 39.1 Å². The molecule has 0 atom stereocenters. The molecule has 3 rings (SSSR count). The molecule has 2 N–H and O–H groups in total. The molecule has 1 aliphatic heterocycles. The van der Waals surface area contributed by atoms with Gasteiger partial charge in [-0.05, 0) is 38.0 Å². The Bertz CT molecular complexity index is 713. The quantitative estimate of drug-likeness (QED) is 0.873. The van der Waals surface area contributed by atoms with Gasteiger partial charge in [0.1, 0.15) is 5.82 Å². The number of carbonyl (C=O) groups is 1. The van der Waals surface area contributed by atoms with Gasteiger partial charge in [-0.2, -0.15) is 0 Å². The van der Waals surface area contributed by atoms with Gasteiger partial charge in [-0.25, -0.2) is 19.7 Å². The molecule has 2 aromatic rings. The van der Waals surface area contributed by atoms with Crippen molar-refractivity contribution in [2.24, 2.45) is 0 Å². The van der Waals surface area contributed by atoms with Gasteiger partial charge in [0.15, 0.2) is 5.69 Å². The molecular formula is C16H19N5O2. The van der Waals surface area contributed by atoms with Crippen LogP contribution in [0.2, 0.25) is 0 Å². The van der Waals surface area contributed by atoms with Gasteiger partial charge in [-0.15, -0.1) is 0 Å². The molecule has 7 heteroatoms. The number of pyridine rings is 1. The summed E-state index contributed by atoms with van der Waals surface area (Å²) in [7, 11) is 0. The predicted molar refractivity (Wildman–Crippen MR) is 86.7 cm³/mol. The SMILES string of the molecule is Cc1cc(CNc2cccc(C(=O)O)n2)nc(N2CCCC2)n1. The van der Waals surface area contributed by atoms with E-state index < -0.39 is 5.97 Å². The Hall–Kier alpha value is -2.70. The van der Waals surface area contributed by atoms with Crippen molar-refractivity contribution in [3.63, 3.8) is 0 Å². The molecular weight excluding hydrogens is 294 g/mol. The highest BCUT2D eigenvalue weighted by Gasteiger charge is 2.16. The summed E-state index contributed by atoms with van der Waals surface area (Å²) in [6, 6.07) is 6.79. The lowest BCUT2D eigenvalue weighted by Crippen LogP contribution is -2.21. The highest BCUT2D eigenvalue weighted by Crippen LogP contribution is 2.17. The maximum atomic E-state index is 10.9. The van der Waals surface area contributed by atoms with Crippen molar-refractivity contribution in [2.45, 2.75) is 26.3 Å². The van der Waals surface area contributed by atoms with Crippen LogP contribution in [0.15, 0.2) is 24.3 Å². The first kappa shape index (κ1) is 15.2. The Balaban J connectivity index is 1.72. The lowest BCUT2D eigenvalue weighted by atomic mass is 10.3. The molecule has 0 unspecified atom stereocenters. The van der Waals surface area contributed by atoms with Crippen molar-refractivity contribution in [3.05, 3.63) is 41.3 Å². The second kappa shape index (κ2) is 6.60. The van der Waals surface area contributed by atoms with Gasteiger partial charge in [-0.1, -0.05) is 6.07 Å². The maximum Gasteiger partial charge on any atom is 0.354 e. The summed E-state index contributed by atoms with van der Waals surface area (Å²) < 4.78 is 0. The molecule has 120 valence electrons. The summed E-state index contributed by atoms with van der Waals surface area (Å²) in [6.45, 7) is 4.42. The molecule has 2 aromatic heterocycles. The molecule has 7 nitrogen and oxygen atoms in total. The molecule has 0 spiro atoms. The van der Waals surface area contributed by atoms with E-state index in [1.54, 1.807) is 12.1 Å². The molecule has 0 saturated carbocycles. The van der Waals surface area contributed by atoms with Gasteiger partial charge >= 0.3 is 5.97 Å². The summed E-state index contributed by atoms with van der Waals surface area (Å²) in [5.41, 5.74) is 1.81. The van der Waals surface area contributed by atoms with Crippen molar-refractivity contribution >= 4 is 17.7 Å². The summed E-state index contributed by atoms with van der Waals surface area (Å²) in [6.07, 6.45) is 2.35. The fourth-order valence-corrected chi connectivity index (χ4v) is 2.60. The first-order chi connectivity index (χ1) is 11.1. The smallest absolute Gasteiger partial charge is 0.354 e. The number of aryl methyl sites for hydroxylation is 1. The molecule has 0 radical (unpaired) electrons. The van der Waals surface area contributed by atoms with Crippen molar-refractivity contribution in [2.75, 3.05) is 23.3 Å². The molecule has 23 heavy (non-hydrogen) atoms. The number of carboxylic acid groups (broad SMARTS) is 1. The lowest BCUT2D eigenvalue weighted by molar-refractivity contribution is 0.0690. The van der Waals surface area contributed by atoms with Crippen molar-refractivity contribution in [1.29, 1.82) is 0 Å². The van der Waals surface area contributed by atoms with E-state index in [9.17, 15) is 4.79 Å². The van der Waals surface area contributed by atoms with Crippen LogP contribution in [0, 0.1) is 6.92 Å². The van der Waals surface area contributed by atoms with Gasteiger partial charge in [0, 0.05) is 18.8 Å². The van der Waals surface area contributed by atoms with E-state index in [-0.39, 0.29) is 5.69 Å². The van der Waals surface area contributed by atoms with Gasteiger partial charge < -0.3 is 15.3 Å². The number of aromatic carboxylic acids is 1. The highest BCUT2D eigenvalue weighted by molar-refractivity contribution is 5.85. The van der Waals surface area contributed by atoms with E-state index in [2.05, 4.69) is 25.2 Å². The minimum atomic E-state index is -1.04. The van der Waals surface area contributed by atoms with Gasteiger partial charge in [0.25, 0.3) is 0 Å². The van der Waals surface area contributed by atoms with E-state index in [1.165, 1.54) is 18.9 Å². The molecule has 0 aromatic carbocycles. The lowest BCUT2D eigenvalue weighted by Gasteiger charge is -2.16. The van der Waals surface area contributed by atoms with Crippen LogP contribution < -0.4 is 10.2 Å². The second-order valence-electron chi connectivity index (χ2n) is 5.56. The number of hydrogen-bond donors (Lipinski definition) is 2. The minimum Gasteiger partial charge on any atom is -0.477 e. The Labute approximate surface area is 134 Å². The van der Waals surface area contributed by atoms with Crippen LogP contribution in [0.3, 0.4) is 0 Å². The number of hydrogen-bond acceptors (Lipinski definition) is 6. The fourth-order valence-electron chi connectivity index (χ4n) is 2.60. The zero-order chi connectivity index (χ0) is 16.2. The number of rotatable bonds is 5. The predicted octanol–water partition coefficient (Wildman–Crippen LogP) is 2.09. The molecule has 1 aliphatic rings. The number of nitrogens with one attached hydrogen (secondary N) is 1. The van der Waals surface area contributed by atoms with Gasteiger partial charge in [0.2, 0.25) is 5.95 Å².